The molecular weight excluding hydrogens is 426 g/mol. The quantitative estimate of drug-likeness (QED) is 0.475. The van der Waals surface area contributed by atoms with E-state index in [4.69, 9.17) is 4.98 Å². The number of aryl methyl sites for hydroxylation is 1. The summed E-state index contributed by atoms with van der Waals surface area (Å²) in [7, 11) is 0. The van der Waals surface area contributed by atoms with Crippen LogP contribution < -0.4 is 5.32 Å². The van der Waals surface area contributed by atoms with Gasteiger partial charge in [-0.2, -0.15) is 0 Å². The Bertz CT molecular complexity index is 1350. The zero-order valence-electron chi connectivity index (χ0n) is 19.2. The molecule has 0 bridgehead atoms. The molecule has 4 aromatic rings. The van der Waals surface area contributed by atoms with Crippen LogP contribution in [0.4, 0.5) is 5.82 Å². The topological polar surface area (TPSA) is 88.8 Å². The van der Waals surface area contributed by atoms with Gasteiger partial charge >= 0.3 is 0 Å². The molecule has 1 aliphatic heterocycles. The Morgan fingerprint density at radius 3 is 2.68 bits per heavy atom. The summed E-state index contributed by atoms with van der Waals surface area (Å²) in [4.78, 5) is 33.0. The summed E-state index contributed by atoms with van der Waals surface area (Å²) in [6.45, 7) is 4.33. The van der Waals surface area contributed by atoms with Gasteiger partial charge in [0, 0.05) is 55.1 Å². The van der Waals surface area contributed by atoms with E-state index in [-0.39, 0.29) is 12.0 Å². The molecule has 8 nitrogen and oxygen atoms in total. The third-order valence-electron chi connectivity index (χ3n) is 6.72. The summed E-state index contributed by atoms with van der Waals surface area (Å²) >= 11 is 0. The number of carbonyl (C=O) groups excluding carboxylic acids is 1. The average molecular weight is 454 g/mol. The Balaban J connectivity index is 1.32. The van der Waals surface area contributed by atoms with Crippen molar-refractivity contribution in [3.05, 3.63) is 55.1 Å². The normalized spacial score (nSPS) is 17.9. The zero-order valence-corrected chi connectivity index (χ0v) is 19.2. The van der Waals surface area contributed by atoms with Crippen LogP contribution in [0, 0.1) is 5.92 Å². The number of pyridine rings is 1. The van der Waals surface area contributed by atoms with E-state index in [2.05, 4.69) is 50.0 Å². The number of nitrogens with zero attached hydrogens (tertiary/aromatic N) is 6. The lowest BCUT2D eigenvalue weighted by Gasteiger charge is -2.17. The molecule has 1 atom stereocenters. The van der Waals surface area contributed by atoms with E-state index in [1.165, 1.54) is 0 Å². The molecule has 0 spiro atoms. The van der Waals surface area contributed by atoms with Crippen molar-refractivity contribution in [1.29, 1.82) is 0 Å². The summed E-state index contributed by atoms with van der Waals surface area (Å²) in [5.41, 5.74) is 4.64. The van der Waals surface area contributed by atoms with Crippen LogP contribution in [0.5, 0.6) is 0 Å². The van der Waals surface area contributed by atoms with Crippen LogP contribution >= 0.6 is 0 Å². The van der Waals surface area contributed by atoms with Crippen molar-refractivity contribution in [2.24, 2.45) is 5.92 Å². The standard InChI is InChI=1S/C26H27N7O/c1-2-33-24(20-12-19(13-27-14-20)17-6-4-3-5-7-17)31-22-23(28-16-29-25(22)33)30-21-10-11-32(15-21)26(34)18-8-9-18/h3-7,12-14,16,18,21H,2,8-11,15H2,1H3,(H,28,29,30). The predicted molar refractivity (Wildman–Crippen MR) is 131 cm³/mol. The monoisotopic (exact) mass is 453 g/mol. The van der Waals surface area contributed by atoms with E-state index in [1.807, 2.05) is 35.5 Å². The van der Waals surface area contributed by atoms with E-state index >= 15 is 0 Å². The number of anilines is 1. The minimum atomic E-state index is 0.166. The smallest absolute Gasteiger partial charge is 0.225 e. The number of hydrogen-bond donors (Lipinski definition) is 1. The van der Waals surface area contributed by atoms with Gasteiger partial charge in [-0.15, -0.1) is 0 Å². The van der Waals surface area contributed by atoms with Gasteiger partial charge in [-0.1, -0.05) is 30.3 Å². The molecular formula is C26H27N7O. The second kappa shape index (κ2) is 8.52. The Hall–Kier alpha value is -3.81. The second-order valence-corrected chi connectivity index (χ2v) is 9.09. The maximum absolute atomic E-state index is 12.4. The van der Waals surface area contributed by atoms with Crippen LogP contribution in [-0.4, -0.2) is 54.4 Å². The molecule has 3 aromatic heterocycles. The average Bonchev–Trinajstić information content (AvgIpc) is 3.51. The number of imidazole rings is 1. The fraction of sp³-hybridized carbons (Fsp3) is 0.346. The van der Waals surface area contributed by atoms with Crippen LogP contribution in [0.3, 0.4) is 0 Å². The zero-order chi connectivity index (χ0) is 23.1. The molecule has 1 N–H and O–H groups in total. The number of aromatic nitrogens is 5. The molecule has 1 aromatic carbocycles. The molecule has 172 valence electrons. The molecule has 1 saturated heterocycles. The van der Waals surface area contributed by atoms with Crippen molar-refractivity contribution in [3.8, 4) is 22.5 Å². The van der Waals surface area contributed by atoms with Gasteiger partial charge in [0.05, 0.1) is 0 Å². The minimum absolute atomic E-state index is 0.166. The molecule has 1 aliphatic carbocycles. The highest BCUT2D eigenvalue weighted by atomic mass is 16.2. The van der Waals surface area contributed by atoms with Gasteiger partial charge in [0.25, 0.3) is 0 Å². The molecule has 1 unspecified atom stereocenters. The van der Waals surface area contributed by atoms with Crippen molar-refractivity contribution in [3.63, 3.8) is 0 Å². The Morgan fingerprint density at radius 1 is 1.06 bits per heavy atom. The van der Waals surface area contributed by atoms with E-state index in [9.17, 15) is 4.79 Å². The van der Waals surface area contributed by atoms with Gasteiger partial charge in [-0.05, 0) is 37.8 Å². The number of rotatable bonds is 6. The number of fused-ring (bicyclic) bond motifs is 1. The summed E-state index contributed by atoms with van der Waals surface area (Å²) in [6, 6.07) is 12.5. The molecule has 1 amide bonds. The molecule has 1 saturated carbocycles. The van der Waals surface area contributed by atoms with E-state index < -0.39 is 0 Å². The fourth-order valence-electron chi connectivity index (χ4n) is 4.77. The maximum atomic E-state index is 12.4. The molecule has 8 heteroatoms. The van der Waals surface area contributed by atoms with Crippen LogP contribution in [0.15, 0.2) is 55.1 Å². The first-order chi connectivity index (χ1) is 16.7. The lowest BCUT2D eigenvalue weighted by atomic mass is 10.1. The number of amides is 1. The first kappa shape index (κ1) is 20.8. The number of likely N-dealkylation sites (tertiary alicyclic amines) is 1. The highest BCUT2D eigenvalue weighted by Crippen LogP contribution is 2.33. The lowest BCUT2D eigenvalue weighted by molar-refractivity contribution is -0.131. The van der Waals surface area contributed by atoms with Gasteiger partial charge in [-0.25, -0.2) is 15.0 Å². The SMILES string of the molecule is CCn1c(-c2cncc(-c3ccccc3)c2)nc2c(NC3CCN(C(=O)C4CC4)C3)ncnc21. The van der Waals surface area contributed by atoms with E-state index in [1.54, 1.807) is 6.33 Å². The summed E-state index contributed by atoms with van der Waals surface area (Å²) in [5.74, 6) is 2.10. The van der Waals surface area contributed by atoms with E-state index in [0.717, 1.165) is 71.8 Å². The third-order valence-corrected chi connectivity index (χ3v) is 6.72. The number of carbonyl (C=O) groups is 1. The Kier molecular flexibility index (Phi) is 5.20. The van der Waals surface area contributed by atoms with Crippen LogP contribution in [0.25, 0.3) is 33.7 Å². The van der Waals surface area contributed by atoms with Crippen molar-refractivity contribution >= 4 is 22.9 Å². The fourth-order valence-corrected chi connectivity index (χ4v) is 4.77. The highest BCUT2D eigenvalue weighted by Gasteiger charge is 2.36. The minimum Gasteiger partial charge on any atom is -0.364 e. The summed E-state index contributed by atoms with van der Waals surface area (Å²) in [6.07, 6.45) is 8.30. The van der Waals surface area contributed by atoms with Crippen molar-refractivity contribution in [1.82, 2.24) is 29.4 Å². The van der Waals surface area contributed by atoms with Crippen molar-refractivity contribution in [2.75, 3.05) is 18.4 Å². The maximum Gasteiger partial charge on any atom is 0.225 e. The molecule has 0 radical (unpaired) electrons. The van der Waals surface area contributed by atoms with Gasteiger partial charge in [0.15, 0.2) is 17.0 Å². The highest BCUT2D eigenvalue weighted by molar-refractivity contribution is 5.87. The summed E-state index contributed by atoms with van der Waals surface area (Å²) in [5, 5.41) is 3.54. The number of benzene rings is 1. The number of nitrogens with one attached hydrogen (secondary N) is 1. The Labute approximate surface area is 198 Å². The van der Waals surface area contributed by atoms with Crippen molar-refractivity contribution < 1.29 is 4.79 Å². The van der Waals surface area contributed by atoms with E-state index in [0.29, 0.717) is 12.5 Å². The Morgan fingerprint density at radius 2 is 1.88 bits per heavy atom. The third kappa shape index (κ3) is 3.79. The molecule has 2 fully saturated rings. The molecule has 2 aliphatic rings. The van der Waals surface area contributed by atoms with Gasteiger partial charge < -0.3 is 14.8 Å². The number of hydrogen-bond acceptors (Lipinski definition) is 6. The molecule has 4 heterocycles. The van der Waals surface area contributed by atoms with Crippen molar-refractivity contribution in [2.45, 2.75) is 38.8 Å². The van der Waals surface area contributed by atoms with Gasteiger partial charge in [0.1, 0.15) is 12.2 Å². The second-order valence-electron chi connectivity index (χ2n) is 9.09. The lowest BCUT2D eigenvalue weighted by Crippen LogP contribution is -2.32. The summed E-state index contributed by atoms with van der Waals surface area (Å²) < 4.78 is 2.10. The first-order valence-electron chi connectivity index (χ1n) is 12.0. The molecule has 6 rings (SSSR count). The van der Waals surface area contributed by atoms with Gasteiger partial charge in [-0.3, -0.25) is 9.78 Å². The van der Waals surface area contributed by atoms with Gasteiger partial charge in [0.2, 0.25) is 5.91 Å². The largest absolute Gasteiger partial charge is 0.364 e. The van der Waals surface area contributed by atoms with Crippen LogP contribution in [0.1, 0.15) is 26.2 Å². The molecule has 34 heavy (non-hydrogen) atoms. The predicted octanol–water partition coefficient (Wildman–Crippen LogP) is 4.00. The first-order valence-corrected chi connectivity index (χ1v) is 12.0. The van der Waals surface area contributed by atoms with Crippen LogP contribution in [-0.2, 0) is 11.3 Å². The van der Waals surface area contributed by atoms with Crippen LogP contribution in [0.2, 0.25) is 0 Å².